The summed E-state index contributed by atoms with van der Waals surface area (Å²) in [7, 11) is 1.65. The van der Waals surface area contributed by atoms with Crippen molar-refractivity contribution < 1.29 is 14.3 Å². The van der Waals surface area contributed by atoms with Gasteiger partial charge in [-0.15, -0.1) is 0 Å². The van der Waals surface area contributed by atoms with Crippen molar-refractivity contribution in [1.29, 1.82) is 0 Å². The molecule has 0 spiro atoms. The Labute approximate surface area is 233 Å². The highest BCUT2D eigenvalue weighted by Crippen LogP contribution is 2.32. The molecule has 2 aromatic heterocycles. The monoisotopic (exact) mass is 538 g/mol. The first-order valence-electron chi connectivity index (χ1n) is 13.4. The van der Waals surface area contributed by atoms with Gasteiger partial charge in [0.2, 0.25) is 0 Å². The first-order chi connectivity index (χ1) is 19.4. The fourth-order valence-electron chi connectivity index (χ4n) is 4.21. The number of anilines is 3. The number of rotatable bonds is 12. The molecule has 3 N–H and O–H groups in total. The van der Waals surface area contributed by atoms with Crippen molar-refractivity contribution in [2.24, 2.45) is 5.41 Å². The van der Waals surface area contributed by atoms with Gasteiger partial charge in [-0.25, -0.2) is 9.97 Å². The van der Waals surface area contributed by atoms with Gasteiger partial charge >= 0.3 is 0 Å². The molecule has 0 aliphatic rings. The Morgan fingerprint density at radius 1 is 1.00 bits per heavy atom. The minimum atomic E-state index is -0.363. The summed E-state index contributed by atoms with van der Waals surface area (Å²) in [4.78, 5) is 22.5. The number of benzene rings is 3. The van der Waals surface area contributed by atoms with E-state index < -0.39 is 0 Å². The second-order valence-corrected chi connectivity index (χ2v) is 10.3. The lowest BCUT2D eigenvalue weighted by atomic mass is 9.85. The van der Waals surface area contributed by atoms with Crippen molar-refractivity contribution in [3.8, 4) is 17.1 Å². The van der Waals surface area contributed by atoms with E-state index in [9.17, 15) is 4.79 Å². The molecule has 0 aliphatic carbocycles. The number of aromatic nitrogens is 4. The number of ether oxygens (including phenoxy) is 2. The smallest absolute Gasteiger partial charge is 0.162 e. The zero-order valence-corrected chi connectivity index (χ0v) is 23.2. The largest absolute Gasteiger partial charge is 0.491 e. The van der Waals surface area contributed by atoms with Crippen LogP contribution in [-0.2, 0) is 9.53 Å². The third-order valence-electron chi connectivity index (χ3n) is 7.14. The average Bonchev–Trinajstić information content (AvgIpc) is 3.44. The fraction of sp³-hybridized carbons (Fsp3) is 0.290. The zero-order valence-electron chi connectivity index (χ0n) is 23.2. The van der Waals surface area contributed by atoms with Gasteiger partial charge in [0.1, 0.15) is 18.2 Å². The van der Waals surface area contributed by atoms with Crippen LogP contribution in [0.3, 0.4) is 0 Å². The van der Waals surface area contributed by atoms with Crippen LogP contribution in [0.2, 0.25) is 0 Å². The van der Waals surface area contributed by atoms with Crippen LogP contribution < -0.4 is 15.4 Å². The van der Waals surface area contributed by atoms with Crippen molar-refractivity contribution >= 4 is 44.8 Å². The molecule has 40 heavy (non-hydrogen) atoms. The minimum Gasteiger partial charge on any atom is -0.491 e. The molecule has 3 aromatic carbocycles. The standard InChI is InChI=1S/C31H34N6O3/c1-5-31(2,3)28(38)19-32-22-8-6-7-20(15-22)29-35-27-12-10-24(40-14-13-39-4)17-25(27)30(36-29)34-23-9-11-26-21(16-23)18-33-37-26/h6-12,15-18,32H,5,13-14,19H2,1-4H3,(H,33,37)(H,34,35,36). The highest BCUT2D eigenvalue weighted by atomic mass is 16.5. The molecule has 0 bridgehead atoms. The first kappa shape index (κ1) is 27.1. The molecule has 0 fully saturated rings. The number of ketones is 1. The topological polar surface area (TPSA) is 114 Å². The summed E-state index contributed by atoms with van der Waals surface area (Å²) in [6.07, 6.45) is 2.58. The van der Waals surface area contributed by atoms with Crippen LogP contribution in [0.25, 0.3) is 33.2 Å². The summed E-state index contributed by atoms with van der Waals surface area (Å²) in [5.41, 5.74) is 3.91. The number of Topliss-reactive ketones (excluding diaryl/α,β-unsaturated/α-hetero) is 1. The predicted molar refractivity (Wildman–Crippen MR) is 159 cm³/mol. The van der Waals surface area contributed by atoms with Crippen molar-refractivity contribution in [3.05, 3.63) is 66.9 Å². The summed E-state index contributed by atoms with van der Waals surface area (Å²) in [5.74, 6) is 2.10. The van der Waals surface area contributed by atoms with Crippen LogP contribution in [0.5, 0.6) is 5.75 Å². The lowest BCUT2D eigenvalue weighted by Gasteiger charge is -2.21. The highest BCUT2D eigenvalue weighted by molar-refractivity contribution is 5.94. The van der Waals surface area contributed by atoms with E-state index in [4.69, 9.17) is 19.4 Å². The Kier molecular flexibility index (Phi) is 7.93. The first-order valence-corrected chi connectivity index (χ1v) is 13.4. The molecule has 0 saturated heterocycles. The van der Waals surface area contributed by atoms with Crippen LogP contribution in [0.15, 0.2) is 66.9 Å². The Bertz CT molecular complexity index is 1650. The second kappa shape index (κ2) is 11.7. The molecule has 5 aromatic rings. The summed E-state index contributed by atoms with van der Waals surface area (Å²) in [6.45, 7) is 7.18. The number of H-pyrrole nitrogens is 1. The van der Waals surface area contributed by atoms with Gasteiger partial charge in [-0.3, -0.25) is 9.89 Å². The third-order valence-corrected chi connectivity index (χ3v) is 7.14. The molecular formula is C31H34N6O3. The van der Waals surface area contributed by atoms with E-state index in [0.29, 0.717) is 30.6 Å². The van der Waals surface area contributed by atoms with Gasteiger partial charge in [0.05, 0.1) is 30.4 Å². The number of carbonyl (C=O) groups excluding carboxylic acids is 1. The van der Waals surface area contributed by atoms with Gasteiger partial charge in [0, 0.05) is 40.2 Å². The number of nitrogens with zero attached hydrogens (tertiary/aromatic N) is 3. The Hall–Kier alpha value is -4.50. The maximum Gasteiger partial charge on any atom is 0.162 e. The van der Waals surface area contributed by atoms with E-state index in [1.165, 1.54) is 0 Å². The van der Waals surface area contributed by atoms with Crippen molar-refractivity contribution in [3.63, 3.8) is 0 Å². The number of aromatic amines is 1. The normalized spacial score (nSPS) is 11.6. The van der Waals surface area contributed by atoms with Crippen LogP contribution in [-0.4, -0.2) is 52.8 Å². The molecule has 0 amide bonds. The lowest BCUT2D eigenvalue weighted by Crippen LogP contribution is -2.29. The Morgan fingerprint density at radius 3 is 2.70 bits per heavy atom. The maximum atomic E-state index is 12.6. The number of hydrogen-bond acceptors (Lipinski definition) is 8. The van der Waals surface area contributed by atoms with E-state index in [2.05, 4.69) is 20.8 Å². The van der Waals surface area contributed by atoms with Crippen molar-refractivity contribution in [2.75, 3.05) is 37.5 Å². The summed E-state index contributed by atoms with van der Waals surface area (Å²) < 4.78 is 11.0. The van der Waals surface area contributed by atoms with E-state index in [-0.39, 0.29) is 17.7 Å². The quantitative estimate of drug-likeness (QED) is 0.157. The van der Waals surface area contributed by atoms with Gasteiger partial charge in [-0.1, -0.05) is 32.9 Å². The molecule has 0 radical (unpaired) electrons. The molecule has 9 nitrogen and oxygen atoms in total. The average molecular weight is 539 g/mol. The number of fused-ring (bicyclic) bond motifs is 2. The van der Waals surface area contributed by atoms with Gasteiger partial charge in [-0.05, 0) is 55.0 Å². The van der Waals surface area contributed by atoms with Gasteiger partial charge in [-0.2, -0.15) is 5.10 Å². The second-order valence-electron chi connectivity index (χ2n) is 10.3. The van der Waals surface area contributed by atoms with E-state index in [1.54, 1.807) is 13.3 Å². The lowest BCUT2D eigenvalue weighted by molar-refractivity contribution is -0.125. The van der Waals surface area contributed by atoms with Gasteiger partial charge < -0.3 is 20.1 Å². The van der Waals surface area contributed by atoms with E-state index in [0.717, 1.165) is 45.2 Å². The van der Waals surface area contributed by atoms with Gasteiger partial charge in [0.25, 0.3) is 0 Å². The number of methoxy groups -OCH3 is 1. The molecule has 0 atom stereocenters. The molecule has 0 unspecified atom stereocenters. The van der Waals surface area contributed by atoms with Crippen LogP contribution >= 0.6 is 0 Å². The summed E-state index contributed by atoms with van der Waals surface area (Å²) >= 11 is 0. The van der Waals surface area contributed by atoms with Crippen molar-refractivity contribution in [2.45, 2.75) is 27.2 Å². The SMILES string of the molecule is CCC(C)(C)C(=O)CNc1cccc(-c2nc(Nc3ccc4[nH]ncc4c3)c3cc(OCCOC)ccc3n2)c1. The molecule has 0 aliphatic heterocycles. The number of carbonyl (C=O) groups is 1. The molecule has 5 rings (SSSR count). The van der Waals surface area contributed by atoms with Crippen molar-refractivity contribution in [1.82, 2.24) is 20.2 Å². The fourth-order valence-corrected chi connectivity index (χ4v) is 4.21. The van der Waals surface area contributed by atoms with Crippen LogP contribution in [0, 0.1) is 5.41 Å². The molecule has 2 heterocycles. The minimum absolute atomic E-state index is 0.173. The molecule has 9 heteroatoms. The van der Waals surface area contributed by atoms with Crippen LogP contribution in [0.1, 0.15) is 27.2 Å². The van der Waals surface area contributed by atoms with E-state index >= 15 is 0 Å². The Balaban J connectivity index is 1.49. The number of hydrogen-bond donors (Lipinski definition) is 3. The Morgan fingerprint density at radius 2 is 1.88 bits per heavy atom. The highest BCUT2D eigenvalue weighted by Gasteiger charge is 2.24. The number of nitrogens with one attached hydrogen (secondary N) is 3. The summed E-state index contributed by atoms with van der Waals surface area (Å²) in [6, 6.07) is 19.6. The predicted octanol–water partition coefficient (Wildman–Crippen LogP) is 6.36. The maximum absolute atomic E-state index is 12.6. The molecule has 0 saturated carbocycles. The molecule has 206 valence electrons. The van der Waals surface area contributed by atoms with Gasteiger partial charge in [0.15, 0.2) is 11.6 Å². The van der Waals surface area contributed by atoms with E-state index in [1.807, 2.05) is 81.4 Å². The molecular weight excluding hydrogens is 504 g/mol. The summed E-state index contributed by atoms with van der Waals surface area (Å²) in [5, 5.41) is 15.7. The van der Waals surface area contributed by atoms with Crippen LogP contribution in [0.4, 0.5) is 17.2 Å². The zero-order chi connectivity index (χ0) is 28.1. The third kappa shape index (κ3) is 6.05.